The van der Waals surface area contributed by atoms with Crippen LogP contribution in [0.15, 0.2) is 12.1 Å². The number of methoxy groups -OCH3 is 1. The number of anilines is 1. The normalized spacial score (nSPS) is 11.2. The number of rotatable bonds is 5. The first-order chi connectivity index (χ1) is 8.39. The van der Waals surface area contributed by atoms with E-state index >= 15 is 0 Å². The van der Waals surface area contributed by atoms with Gasteiger partial charge in [-0.25, -0.2) is 4.98 Å². The number of amides is 1. The zero-order chi connectivity index (χ0) is 13.8. The largest absolute Gasteiger partial charge is 0.382 e. The fourth-order valence-corrected chi connectivity index (χ4v) is 1.70. The van der Waals surface area contributed by atoms with E-state index in [1.165, 1.54) is 0 Å². The van der Waals surface area contributed by atoms with Crippen molar-refractivity contribution in [2.45, 2.75) is 19.4 Å². The summed E-state index contributed by atoms with van der Waals surface area (Å²) in [5, 5.41) is 6.01. The summed E-state index contributed by atoms with van der Waals surface area (Å²) in [5.41, 5.74) is -0.278. The van der Waals surface area contributed by atoms with Gasteiger partial charge in [0.15, 0.2) is 0 Å². The molecule has 0 unspecified atom stereocenters. The van der Waals surface area contributed by atoms with Crippen molar-refractivity contribution in [3.05, 3.63) is 22.8 Å². The Morgan fingerprint density at radius 1 is 1.50 bits per heavy atom. The van der Waals surface area contributed by atoms with Crippen LogP contribution in [0.5, 0.6) is 0 Å². The molecule has 2 N–H and O–H groups in total. The van der Waals surface area contributed by atoms with Crippen LogP contribution >= 0.6 is 11.6 Å². The van der Waals surface area contributed by atoms with Crippen molar-refractivity contribution in [3.8, 4) is 0 Å². The van der Waals surface area contributed by atoms with Crippen LogP contribution in [-0.2, 0) is 4.74 Å². The van der Waals surface area contributed by atoms with Crippen LogP contribution in [0.4, 0.5) is 5.82 Å². The summed E-state index contributed by atoms with van der Waals surface area (Å²) >= 11 is 5.97. The second kappa shape index (κ2) is 6.02. The second-order valence-electron chi connectivity index (χ2n) is 4.55. The molecule has 0 bridgehead atoms. The fourth-order valence-electron chi connectivity index (χ4n) is 1.50. The average Bonchev–Trinajstić information content (AvgIpc) is 2.28. The maximum atomic E-state index is 12.1. The number of halogens is 1. The molecule has 0 radical (unpaired) electrons. The third-order valence-corrected chi connectivity index (χ3v) is 2.58. The minimum atomic E-state index is -0.480. The van der Waals surface area contributed by atoms with Crippen LogP contribution in [-0.4, -0.2) is 37.2 Å². The van der Waals surface area contributed by atoms with Gasteiger partial charge in [-0.15, -0.1) is 0 Å². The van der Waals surface area contributed by atoms with Crippen molar-refractivity contribution in [1.82, 2.24) is 10.3 Å². The molecule has 1 heterocycles. The molecular weight excluding hydrogens is 254 g/mol. The molecule has 1 amide bonds. The molecule has 18 heavy (non-hydrogen) atoms. The first kappa shape index (κ1) is 14.7. The minimum absolute atomic E-state index is 0.202. The van der Waals surface area contributed by atoms with Gasteiger partial charge in [-0.3, -0.25) is 4.79 Å². The molecule has 0 aliphatic rings. The molecule has 0 saturated heterocycles. The quantitative estimate of drug-likeness (QED) is 0.859. The van der Waals surface area contributed by atoms with Gasteiger partial charge >= 0.3 is 0 Å². The highest BCUT2D eigenvalue weighted by atomic mass is 35.5. The summed E-state index contributed by atoms with van der Waals surface area (Å²) in [4.78, 5) is 16.2. The first-order valence-corrected chi connectivity index (χ1v) is 5.93. The predicted octanol–water partition coefficient (Wildman–Crippen LogP) is 1.93. The van der Waals surface area contributed by atoms with E-state index in [9.17, 15) is 4.79 Å². The summed E-state index contributed by atoms with van der Waals surface area (Å²) in [6.07, 6.45) is 0. The highest BCUT2D eigenvalue weighted by Gasteiger charge is 2.23. The van der Waals surface area contributed by atoms with Gasteiger partial charge in [0, 0.05) is 14.2 Å². The molecule has 5 nitrogen and oxygen atoms in total. The number of pyridine rings is 1. The third kappa shape index (κ3) is 3.85. The topological polar surface area (TPSA) is 63.2 Å². The Morgan fingerprint density at radius 2 is 2.17 bits per heavy atom. The number of hydrogen-bond acceptors (Lipinski definition) is 4. The van der Waals surface area contributed by atoms with Crippen molar-refractivity contribution in [1.29, 1.82) is 0 Å². The molecule has 6 heteroatoms. The Hall–Kier alpha value is -1.33. The lowest BCUT2D eigenvalue weighted by Gasteiger charge is -2.25. The second-order valence-corrected chi connectivity index (χ2v) is 4.96. The molecule has 0 atom stereocenters. The zero-order valence-electron chi connectivity index (χ0n) is 11.0. The summed E-state index contributed by atoms with van der Waals surface area (Å²) in [6.45, 7) is 4.14. The SMILES string of the molecule is CNc1ccc(Cl)c(C(=O)NC(C)(C)COC)n1. The summed E-state index contributed by atoms with van der Waals surface area (Å²) in [5.74, 6) is 0.272. The van der Waals surface area contributed by atoms with Gasteiger partial charge < -0.3 is 15.4 Å². The molecule has 0 aliphatic carbocycles. The van der Waals surface area contributed by atoms with E-state index < -0.39 is 5.54 Å². The maximum Gasteiger partial charge on any atom is 0.272 e. The Bertz CT molecular complexity index is 435. The van der Waals surface area contributed by atoms with E-state index in [1.54, 1.807) is 26.3 Å². The Labute approximate surface area is 112 Å². The van der Waals surface area contributed by atoms with Crippen molar-refractivity contribution in [2.24, 2.45) is 0 Å². The van der Waals surface area contributed by atoms with E-state index in [0.29, 0.717) is 17.4 Å². The van der Waals surface area contributed by atoms with Gasteiger partial charge in [-0.05, 0) is 26.0 Å². The number of carbonyl (C=O) groups excluding carboxylic acids is 1. The number of hydrogen-bond donors (Lipinski definition) is 2. The molecule has 0 spiro atoms. The molecule has 1 rings (SSSR count). The van der Waals surface area contributed by atoms with Crippen molar-refractivity contribution >= 4 is 23.3 Å². The lowest BCUT2D eigenvalue weighted by atomic mass is 10.1. The summed E-state index contributed by atoms with van der Waals surface area (Å²) in [7, 11) is 3.31. The standard InChI is InChI=1S/C12H18ClN3O2/c1-12(2,7-18-4)16-11(17)10-8(13)5-6-9(14-3)15-10/h5-6H,7H2,1-4H3,(H,14,15)(H,16,17). The van der Waals surface area contributed by atoms with Crippen LogP contribution in [0.25, 0.3) is 0 Å². The number of carbonyl (C=O) groups is 1. The molecular formula is C12H18ClN3O2. The van der Waals surface area contributed by atoms with Gasteiger partial charge in [0.2, 0.25) is 0 Å². The van der Waals surface area contributed by atoms with Crippen LogP contribution < -0.4 is 10.6 Å². The van der Waals surface area contributed by atoms with Gasteiger partial charge in [-0.1, -0.05) is 11.6 Å². The summed E-state index contributed by atoms with van der Waals surface area (Å²) in [6, 6.07) is 3.35. The van der Waals surface area contributed by atoms with Crippen LogP contribution in [0.2, 0.25) is 5.02 Å². The summed E-state index contributed by atoms with van der Waals surface area (Å²) < 4.78 is 5.04. The van der Waals surface area contributed by atoms with E-state index in [-0.39, 0.29) is 11.6 Å². The third-order valence-electron chi connectivity index (χ3n) is 2.27. The van der Waals surface area contributed by atoms with Crippen molar-refractivity contribution in [3.63, 3.8) is 0 Å². The van der Waals surface area contributed by atoms with Gasteiger partial charge in [0.05, 0.1) is 17.2 Å². The monoisotopic (exact) mass is 271 g/mol. The van der Waals surface area contributed by atoms with Gasteiger partial charge in [-0.2, -0.15) is 0 Å². The molecule has 1 aromatic heterocycles. The van der Waals surface area contributed by atoms with E-state index in [0.717, 1.165) is 0 Å². The number of ether oxygens (including phenoxy) is 1. The smallest absolute Gasteiger partial charge is 0.272 e. The van der Waals surface area contributed by atoms with E-state index in [2.05, 4.69) is 15.6 Å². The van der Waals surface area contributed by atoms with Crippen LogP contribution in [0, 0.1) is 0 Å². The highest BCUT2D eigenvalue weighted by Crippen LogP contribution is 2.17. The lowest BCUT2D eigenvalue weighted by Crippen LogP contribution is -2.47. The van der Waals surface area contributed by atoms with Gasteiger partial charge in [0.1, 0.15) is 11.5 Å². The number of aromatic nitrogens is 1. The molecule has 0 aliphatic heterocycles. The maximum absolute atomic E-state index is 12.1. The fraction of sp³-hybridized carbons (Fsp3) is 0.500. The predicted molar refractivity (Wildman–Crippen MR) is 72.2 cm³/mol. The molecule has 1 aromatic rings. The van der Waals surface area contributed by atoms with Crippen molar-refractivity contribution in [2.75, 3.05) is 26.1 Å². The van der Waals surface area contributed by atoms with Crippen LogP contribution in [0.3, 0.4) is 0 Å². The van der Waals surface area contributed by atoms with Crippen LogP contribution in [0.1, 0.15) is 24.3 Å². The molecule has 0 aromatic carbocycles. The Balaban J connectivity index is 2.90. The number of nitrogens with zero attached hydrogens (tertiary/aromatic N) is 1. The molecule has 0 saturated carbocycles. The highest BCUT2D eigenvalue weighted by molar-refractivity contribution is 6.33. The zero-order valence-corrected chi connectivity index (χ0v) is 11.8. The van der Waals surface area contributed by atoms with Gasteiger partial charge in [0.25, 0.3) is 5.91 Å². The minimum Gasteiger partial charge on any atom is -0.382 e. The molecule has 100 valence electrons. The van der Waals surface area contributed by atoms with E-state index in [4.69, 9.17) is 16.3 Å². The Kier molecular flexibility index (Phi) is 4.93. The molecule has 0 fully saturated rings. The average molecular weight is 272 g/mol. The lowest BCUT2D eigenvalue weighted by molar-refractivity contribution is 0.0815. The number of nitrogens with one attached hydrogen (secondary N) is 2. The van der Waals surface area contributed by atoms with Crippen molar-refractivity contribution < 1.29 is 9.53 Å². The van der Waals surface area contributed by atoms with E-state index in [1.807, 2.05) is 13.8 Å². The Morgan fingerprint density at radius 3 is 2.72 bits per heavy atom. The first-order valence-electron chi connectivity index (χ1n) is 5.55.